The molecule has 1 fully saturated rings. The van der Waals surface area contributed by atoms with Crippen LogP contribution in [0.3, 0.4) is 0 Å². The smallest absolute Gasteiger partial charge is 0.270 e. The molecular weight excluding hydrogens is 592 g/mol. The second-order valence-corrected chi connectivity index (χ2v) is 12.9. The number of hydrogen-bond donors (Lipinski definition) is 3. The lowest BCUT2D eigenvalue weighted by atomic mass is 9.81. The minimum atomic E-state index is -0.676. The summed E-state index contributed by atoms with van der Waals surface area (Å²) in [5, 5.41) is 13.0. The van der Waals surface area contributed by atoms with E-state index in [2.05, 4.69) is 50.2 Å². The van der Waals surface area contributed by atoms with Gasteiger partial charge in [0.25, 0.3) is 5.91 Å². The van der Waals surface area contributed by atoms with Gasteiger partial charge in [0.1, 0.15) is 11.7 Å². The number of rotatable bonds is 15. The first-order valence-corrected chi connectivity index (χ1v) is 17.1. The molecule has 2 atom stereocenters. The molecule has 1 aromatic heterocycles. The minimum absolute atomic E-state index is 0.0494. The number of fused-ring (bicyclic) bond motifs is 1. The van der Waals surface area contributed by atoms with Crippen molar-refractivity contribution in [2.75, 3.05) is 13.1 Å². The van der Waals surface area contributed by atoms with Crippen LogP contribution in [0.1, 0.15) is 84.6 Å². The Kier molecular flexibility index (Phi) is 11.9. The van der Waals surface area contributed by atoms with Crippen LogP contribution < -0.4 is 16.0 Å². The Bertz CT molecular complexity index is 1500. The van der Waals surface area contributed by atoms with E-state index >= 15 is 0 Å². The van der Waals surface area contributed by atoms with Gasteiger partial charge in [-0.2, -0.15) is 5.10 Å². The van der Waals surface area contributed by atoms with Crippen LogP contribution in [-0.4, -0.2) is 63.4 Å². The van der Waals surface area contributed by atoms with Gasteiger partial charge in [0, 0.05) is 58.7 Å². The Morgan fingerprint density at radius 1 is 0.894 bits per heavy atom. The molecule has 1 saturated carbocycles. The van der Waals surface area contributed by atoms with Crippen molar-refractivity contribution in [3.8, 4) is 0 Å². The normalized spacial score (nSPS) is 16.2. The topological polar surface area (TPSA) is 125 Å². The predicted octanol–water partition coefficient (Wildman–Crippen LogP) is 3.87. The molecule has 5 rings (SSSR count). The molecule has 0 unspecified atom stereocenters. The van der Waals surface area contributed by atoms with Gasteiger partial charge in [-0.3, -0.25) is 28.8 Å². The van der Waals surface area contributed by atoms with Gasteiger partial charge in [0.05, 0.1) is 6.04 Å². The molecule has 10 heteroatoms. The van der Waals surface area contributed by atoms with Gasteiger partial charge in [-0.1, -0.05) is 74.7 Å². The van der Waals surface area contributed by atoms with E-state index in [1.165, 1.54) is 15.8 Å². The van der Waals surface area contributed by atoms with Crippen molar-refractivity contribution in [2.24, 2.45) is 13.0 Å². The van der Waals surface area contributed by atoms with Gasteiger partial charge >= 0.3 is 0 Å². The third-order valence-corrected chi connectivity index (χ3v) is 9.54. The average Bonchev–Trinajstić information content (AvgIpc) is 3.72. The summed E-state index contributed by atoms with van der Waals surface area (Å²) in [6.45, 7) is 4.76. The van der Waals surface area contributed by atoms with E-state index in [0.717, 1.165) is 62.9 Å². The molecule has 2 aliphatic rings. The summed E-state index contributed by atoms with van der Waals surface area (Å²) in [4.78, 5) is 54.3. The summed E-state index contributed by atoms with van der Waals surface area (Å²) in [5.41, 5.74) is 5.03. The van der Waals surface area contributed by atoms with Crippen molar-refractivity contribution in [3.05, 3.63) is 88.7 Å². The first kappa shape index (κ1) is 34.0. The molecule has 1 aliphatic carbocycles. The van der Waals surface area contributed by atoms with Crippen LogP contribution in [-0.2, 0) is 47.4 Å². The Morgan fingerprint density at radius 3 is 2.21 bits per heavy atom. The highest BCUT2D eigenvalue weighted by Crippen LogP contribution is 2.28. The number of carbonyl (C=O) groups is 4. The molecule has 2 aromatic carbocycles. The van der Waals surface area contributed by atoms with Crippen molar-refractivity contribution in [1.82, 2.24) is 30.6 Å². The van der Waals surface area contributed by atoms with Crippen LogP contribution in [0.5, 0.6) is 0 Å². The first-order chi connectivity index (χ1) is 22.8. The number of hydrogen-bond acceptors (Lipinski definition) is 6. The Balaban J connectivity index is 1.14. The second-order valence-electron chi connectivity index (χ2n) is 12.9. The van der Waals surface area contributed by atoms with Gasteiger partial charge in [-0.15, -0.1) is 0 Å². The number of aryl methyl sites for hydroxylation is 2. The fourth-order valence-electron chi connectivity index (χ4n) is 6.77. The van der Waals surface area contributed by atoms with Crippen LogP contribution in [0.4, 0.5) is 0 Å². The highest BCUT2D eigenvalue weighted by Gasteiger charge is 2.31. The van der Waals surface area contributed by atoms with Crippen molar-refractivity contribution in [1.29, 1.82) is 0 Å². The number of nitrogens with zero attached hydrogens (tertiary/aromatic N) is 3. The maximum atomic E-state index is 13.5. The molecule has 3 N–H and O–H groups in total. The van der Waals surface area contributed by atoms with Gasteiger partial charge in [-0.05, 0) is 53.5 Å². The largest absolute Gasteiger partial charge is 0.353 e. The minimum Gasteiger partial charge on any atom is -0.353 e. The maximum Gasteiger partial charge on any atom is 0.270 e. The van der Waals surface area contributed by atoms with E-state index in [1.54, 1.807) is 26.2 Å². The zero-order valence-corrected chi connectivity index (χ0v) is 27.7. The molecule has 250 valence electrons. The summed E-state index contributed by atoms with van der Waals surface area (Å²) in [7, 11) is 1.72. The average molecular weight is 641 g/mol. The van der Waals surface area contributed by atoms with Crippen LogP contribution >= 0.6 is 0 Å². The number of aromatic nitrogens is 2. The number of ketones is 1. The first-order valence-electron chi connectivity index (χ1n) is 17.1. The Hall–Kier alpha value is -4.31. The number of amides is 3. The van der Waals surface area contributed by atoms with Crippen molar-refractivity contribution >= 4 is 23.5 Å². The van der Waals surface area contributed by atoms with Gasteiger partial charge in [0.15, 0.2) is 5.78 Å². The maximum absolute atomic E-state index is 13.5. The fraction of sp³-hybridized carbons (Fsp3) is 0.486. The lowest BCUT2D eigenvalue weighted by Gasteiger charge is -2.30. The van der Waals surface area contributed by atoms with E-state index in [-0.39, 0.29) is 29.4 Å². The number of benzene rings is 2. The highest BCUT2D eigenvalue weighted by atomic mass is 16.2. The summed E-state index contributed by atoms with van der Waals surface area (Å²) in [6, 6.07) is 16.8. The summed E-state index contributed by atoms with van der Waals surface area (Å²) < 4.78 is 1.52. The summed E-state index contributed by atoms with van der Waals surface area (Å²) in [6.07, 6.45) is 8.31. The van der Waals surface area contributed by atoms with Gasteiger partial charge in [-0.25, -0.2) is 0 Å². The third kappa shape index (κ3) is 9.38. The van der Waals surface area contributed by atoms with Gasteiger partial charge < -0.3 is 16.0 Å². The molecule has 3 aromatic rings. The summed E-state index contributed by atoms with van der Waals surface area (Å²) in [5.74, 6) is -0.441. The molecule has 3 amide bonds. The third-order valence-electron chi connectivity index (χ3n) is 9.54. The van der Waals surface area contributed by atoms with E-state index in [0.29, 0.717) is 37.9 Å². The standard InChI is InChI=1S/C37H48N6O4/c1-3-34(45)40-31(36(46)38-21-22-43-24-29-11-7-8-12-30(29)25-43)23-27-15-13-26(14-16-27)17-18-33(44)35(28-9-5-4-6-10-28)41-37(47)32-19-20-39-42(32)2/h7-8,11-16,19-20,28,31,35H,3-6,9-10,17-18,21-25H2,1-2H3,(H,38,46)(H,40,45)(H,41,47)/t31-,35+/m1/s1. The molecule has 2 heterocycles. The number of nitrogens with one attached hydrogen (secondary N) is 3. The Morgan fingerprint density at radius 2 is 1.57 bits per heavy atom. The lowest BCUT2D eigenvalue weighted by molar-refractivity contribution is -0.128. The van der Waals surface area contributed by atoms with Crippen molar-refractivity contribution < 1.29 is 19.2 Å². The monoisotopic (exact) mass is 640 g/mol. The second kappa shape index (κ2) is 16.5. The van der Waals surface area contributed by atoms with Crippen molar-refractivity contribution in [3.63, 3.8) is 0 Å². The van der Waals surface area contributed by atoms with Crippen LogP contribution in [0.15, 0.2) is 60.8 Å². The molecule has 0 bridgehead atoms. The fourth-order valence-corrected chi connectivity index (χ4v) is 6.77. The lowest BCUT2D eigenvalue weighted by Crippen LogP contribution is -2.49. The highest BCUT2D eigenvalue weighted by molar-refractivity contribution is 5.97. The number of Topliss-reactive ketones (excluding diaryl/α,β-unsaturated/α-hetero) is 1. The summed E-state index contributed by atoms with van der Waals surface area (Å²) >= 11 is 0. The Labute approximate surface area is 277 Å². The van der Waals surface area contributed by atoms with E-state index < -0.39 is 12.1 Å². The van der Waals surface area contributed by atoms with Crippen LogP contribution in [0.25, 0.3) is 0 Å². The molecule has 47 heavy (non-hydrogen) atoms. The molecule has 0 saturated heterocycles. The van der Waals surface area contributed by atoms with Crippen molar-refractivity contribution in [2.45, 2.75) is 89.9 Å². The zero-order valence-electron chi connectivity index (χ0n) is 27.7. The quantitative estimate of drug-likeness (QED) is 0.232. The SMILES string of the molecule is CCC(=O)N[C@H](Cc1ccc(CCC(=O)[C@@H](NC(=O)c2ccnn2C)C2CCCCC2)cc1)C(=O)NCCN1Cc2ccccc2C1. The molecule has 0 spiro atoms. The van der Waals surface area contributed by atoms with Crippen LogP contribution in [0.2, 0.25) is 0 Å². The predicted molar refractivity (Wildman–Crippen MR) is 180 cm³/mol. The number of carbonyl (C=O) groups excluding carboxylic acids is 4. The van der Waals surface area contributed by atoms with Crippen LogP contribution in [0, 0.1) is 5.92 Å². The van der Waals surface area contributed by atoms with E-state index in [4.69, 9.17) is 0 Å². The van der Waals surface area contributed by atoms with E-state index in [1.807, 2.05) is 24.3 Å². The molecule has 10 nitrogen and oxygen atoms in total. The van der Waals surface area contributed by atoms with E-state index in [9.17, 15) is 19.2 Å². The zero-order chi connectivity index (χ0) is 33.2. The molecule has 1 aliphatic heterocycles. The molecular formula is C37H48N6O4. The molecule has 0 radical (unpaired) electrons. The van der Waals surface area contributed by atoms with Gasteiger partial charge in [0.2, 0.25) is 11.8 Å².